The molecule has 0 fully saturated rings. The number of hydrogen-bond donors (Lipinski definition) is 1. The predicted octanol–water partition coefficient (Wildman–Crippen LogP) is 2.28. The van der Waals surface area contributed by atoms with Crippen LogP contribution >= 0.6 is 0 Å². The lowest BCUT2D eigenvalue weighted by Crippen LogP contribution is -2.05. The maximum absolute atomic E-state index is 12.2. The van der Waals surface area contributed by atoms with E-state index in [-0.39, 0.29) is 5.75 Å². The Morgan fingerprint density at radius 1 is 1.05 bits per heavy atom. The van der Waals surface area contributed by atoms with Crippen molar-refractivity contribution in [3.05, 3.63) is 53.5 Å². The number of benzene rings is 1. The Labute approximate surface area is 113 Å². The molecule has 19 heavy (non-hydrogen) atoms. The van der Waals surface area contributed by atoms with E-state index < -0.39 is 9.84 Å². The van der Waals surface area contributed by atoms with E-state index in [1.807, 2.05) is 14.0 Å². The number of furan rings is 1. The van der Waals surface area contributed by atoms with Gasteiger partial charge in [0, 0.05) is 0 Å². The average Bonchev–Trinajstić information content (AvgIpc) is 2.77. The molecule has 1 aromatic carbocycles. The highest BCUT2D eigenvalue weighted by molar-refractivity contribution is 7.90. The van der Waals surface area contributed by atoms with Gasteiger partial charge in [-0.1, -0.05) is 17.7 Å². The maximum Gasteiger partial charge on any atom is 0.185 e. The zero-order chi connectivity index (χ0) is 13.9. The molecule has 0 unspecified atom stereocenters. The van der Waals surface area contributed by atoms with Crippen LogP contribution in [0.2, 0.25) is 0 Å². The summed E-state index contributed by atoms with van der Waals surface area (Å²) in [6.45, 7) is 2.51. The second-order valence-corrected chi connectivity index (χ2v) is 6.46. The van der Waals surface area contributed by atoms with Crippen LogP contribution in [-0.4, -0.2) is 15.5 Å². The van der Waals surface area contributed by atoms with Gasteiger partial charge in [-0.05, 0) is 38.2 Å². The lowest BCUT2D eigenvalue weighted by atomic mass is 10.2. The second-order valence-electron chi connectivity index (χ2n) is 4.47. The normalized spacial score (nSPS) is 11.7. The van der Waals surface area contributed by atoms with Gasteiger partial charge in [0.15, 0.2) is 9.84 Å². The summed E-state index contributed by atoms with van der Waals surface area (Å²) in [5, 5.41) is 2.95. The first-order valence-electron chi connectivity index (χ1n) is 6.03. The van der Waals surface area contributed by atoms with Crippen LogP contribution in [-0.2, 0) is 22.1 Å². The number of hydrogen-bond acceptors (Lipinski definition) is 4. The molecule has 2 rings (SSSR count). The van der Waals surface area contributed by atoms with Gasteiger partial charge >= 0.3 is 0 Å². The van der Waals surface area contributed by atoms with Crippen molar-refractivity contribution >= 4 is 9.84 Å². The fraction of sp³-hybridized carbons (Fsp3) is 0.286. The van der Waals surface area contributed by atoms with Crippen molar-refractivity contribution in [3.8, 4) is 0 Å². The SMILES string of the molecule is CNCc1ccc(CS(=O)(=O)c2ccc(C)cc2)o1. The number of nitrogens with one attached hydrogen (secondary N) is 1. The summed E-state index contributed by atoms with van der Waals surface area (Å²) in [6.07, 6.45) is 0. The minimum Gasteiger partial charge on any atom is -0.464 e. The van der Waals surface area contributed by atoms with Gasteiger partial charge < -0.3 is 9.73 Å². The Kier molecular flexibility index (Phi) is 4.07. The van der Waals surface area contributed by atoms with Gasteiger partial charge in [0.25, 0.3) is 0 Å². The molecule has 0 saturated carbocycles. The molecule has 1 N–H and O–H groups in total. The smallest absolute Gasteiger partial charge is 0.185 e. The molecule has 0 saturated heterocycles. The lowest BCUT2D eigenvalue weighted by Gasteiger charge is -2.03. The number of rotatable bonds is 5. The van der Waals surface area contributed by atoms with Crippen LogP contribution in [0.1, 0.15) is 17.1 Å². The van der Waals surface area contributed by atoms with Crippen LogP contribution in [0.4, 0.5) is 0 Å². The highest BCUT2D eigenvalue weighted by atomic mass is 32.2. The third-order valence-electron chi connectivity index (χ3n) is 2.78. The fourth-order valence-corrected chi connectivity index (χ4v) is 3.03. The molecule has 1 heterocycles. The molecule has 0 atom stereocenters. The van der Waals surface area contributed by atoms with E-state index in [2.05, 4.69) is 5.32 Å². The number of sulfone groups is 1. The summed E-state index contributed by atoms with van der Waals surface area (Å²) in [5.41, 5.74) is 1.04. The molecule has 0 bridgehead atoms. The molecule has 5 heteroatoms. The molecular weight excluding hydrogens is 262 g/mol. The largest absolute Gasteiger partial charge is 0.464 e. The van der Waals surface area contributed by atoms with Crippen LogP contribution in [0.3, 0.4) is 0 Å². The van der Waals surface area contributed by atoms with Gasteiger partial charge in [0.1, 0.15) is 17.3 Å². The van der Waals surface area contributed by atoms with Crippen molar-refractivity contribution in [2.45, 2.75) is 24.1 Å². The van der Waals surface area contributed by atoms with Gasteiger partial charge in [-0.15, -0.1) is 0 Å². The van der Waals surface area contributed by atoms with Gasteiger partial charge in [-0.3, -0.25) is 0 Å². The molecule has 0 aliphatic rings. The van der Waals surface area contributed by atoms with Gasteiger partial charge in [-0.25, -0.2) is 8.42 Å². The van der Waals surface area contributed by atoms with Crippen molar-refractivity contribution < 1.29 is 12.8 Å². The molecule has 0 spiro atoms. The molecule has 1 aromatic heterocycles. The van der Waals surface area contributed by atoms with Crippen molar-refractivity contribution in [1.82, 2.24) is 5.32 Å². The molecular formula is C14H17NO3S. The Bertz CT molecular complexity index is 642. The zero-order valence-corrected chi connectivity index (χ0v) is 11.8. The Morgan fingerprint density at radius 2 is 1.68 bits per heavy atom. The Balaban J connectivity index is 2.18. The first-order valence-corrected chi connectivity index (χ1v) is 7.68. The van der Waals surface area contributed by atoms with Crippen LogP contribution in [0.15, 0.2) is 45.7 Å². The monoisotopic (exact) mass is 279 g/mol. The van der Waals surface area contributed by atoms with Crippen LogP contribution in [0, 0.1) is 6.92 Å². The van der Waals surface area contributed by atoms with E-state index in [9.17, 15) is 8.42 Å². The van der Waals surface area contributed by atoms with Crippen molar-refractivity contribution in [2.75, 3.05) is 7.05 Å². The summed E-state index contributed by atoms with van der Waals surface area (Å²) in [4.78, 5) is 0.324. The van der Waals surface area contributed by atoms with Crippen LogP contribution in [0.5, 0.6) is 0 Å². The van der Waals surface area contributed by atoms with Crippen molar-refractivity contribution in [2.24, 2.45) is 0 Å². The highest BCUT2D eigenvalue weighted by Gasteiger charge is 2.17. The molecule has 102 valence electrons. The summed E-state index contributed by atoms with van der Waals surface area (Å²) in [5.74, 6) is 1.09. The van der Waals surface area contributed by atoms with E-state index in [4.69, 9.17) is 4.42 Å². The molecule has 2 aromatic rings. The minimum atomic E-state index is -3.35. The highest BCUT2D eigenvalue weighted by Crippen LogP contribution is 2.18. The fourth-order valence-electron chi connectivity index (χ4n) is 1.79. The molecule has 0 aliphatic heterocycles. The average molecular weight is 279 g/mol. The van der Waals surface area contributed by atoms with Gasteiger partial charge in [-0.2, -0.15) is 0 Å². The molecule has 0 radical (unpaired) electrons. The molecule has 0 aliphatic carbocycles. The van der Waals surface area contributed by atoms with Gasteiger partial charge in [0.2, 0.25) is 0 Å². The minimum absolute atomic E-state index is 0.111. The third-order valence-corrected chi connectivity index (χ3v) is 4.44. The van der Waals surface area contributed by atoms with E-state index in [1.54, 1.807) is 36.4 Å². The summed E-state index contributed by atoms with van der Waals surface area (Å²) >= 11 is 0. The Hall–Kier alpha value is -1.59. The first kappa shape index (κ1) is 13.8. The zero-order valence-electron chi connectivity index (χ0n) is 11.0. The van der Waals surface area contributed by atoms with Crippen LogP contribution < -0.4 is 5.32 Å². The topological polar surface area (TPSA) is 59.3 Å². The quantitative estimate of drug-likeness (QED) is 0.912. The third kappa shape index (κ3) is 3.45. The van der Waals surface area contributed by atoms with Crippen molar-refractivity contribution in [3.63, 3.8) is 0 Å². The van der Waals surface area contributed by atoms with E-state index in [0.29, 0.717) is 17.2 Å². The predicted molar refractivity (Wildman–Crippen MR) is 73.5 cm³/mol. The molecule has 0 amide bonds. The lowest BCUT2D eigenvalue weighted by molar-refractivity contribution is 0.465. The Morgan fingerprint density at radius 3 is 2.32 bits per heavy atom. The summed E-state index contributed by atoms with van der Waals surface area (Å²) in [7, 11) is -1.54. The van der Waals surface area contributed by atoms with E-state index in [1.165, 1.54) is 0 Å². The van der Waals surface area contributed by atoms with E-state index >= 15 is 0 Å². The summed E-state index contributed by atoms with van der Waals surface area (Å²) in [6, 6.07) is 10.3. The van der Waals surface area contributed by atoms with Crippen molar-refractivity contribution in [1.29, 1.82) is 0 Å². The molecule has 4 nitrogen and oxygen atoms in total. The van der Waals surface area contributed by atoms with Gasteiger partial charge in [0.05, 0.1) is 11.4 Å². The maximum atomic E-state index is 12.2. The first-order chi connectivity index (χ1) is 9.01. The standard InChI is InChI=1S/C14H17NO3S/c1-11-3-7-14(8-4-11)19(16,17)10-13-6-5-12(18-13)9-15-2/h3-8,15H,9-10H2,1-2H3. The summed E-state index contributed by atoms with van der Waals surface area (Å²) < 4.78 is 29.9. The number of aryl methyl sites for hydroxylation is 1. The van der Waals surface area contributed by atoms with Crippen LogP contribution in [0.25, 0.3) is 0 Å². The second kappa shape index (κ2) is 5.59. The van der Waals surface area contributed by atoms with E-state index in [0.717, 1.165) is 11.3 Å².